The molecule has 0 bridgehead atoms. The van der Waals surface area contributed by atoms with Crippen molar-refractivity contribution in [3.63, 3.8) is 0 Å². The summed E-state index contributed by atoms with van der Waals surface area (Å²) in [5.74, 6) is 1.59. The van der Waals surface area contributed by atoms with Crippen molar-refractivity contribution in [2.45, 2.75) is 20.0 Å². The quantitative estimate of drug-likeness (QED) is 0.355. The summed E-state index contributed by atoms with van der Waals surface area (Å²) >= 11 is 0. The molecule has 0 unspecified atom stereocenters. The highest BCUT2D eigenvalue weighted by atomic mass is 16.5. The fourth-order valence-corrected chi connectivity index (χ4v) is 2.92. The Balaban J connectivity index is 1.72. The molecule has 0 radical (unpaired) electrons. The van der Waals surface area contributed by atoms with E-state index in [1.165, 1.54) is 0 Å². The Morgan fingerprint density at radius 2 is 1.89 bits per heavy atom. The molecule has 0 fully saturated rings. The van der Waals surface area contributed by atoms with Gasteiger partial charge in [0.05, 0.1) is 12.1 Å². The third-order valence-corrected chi connectivity index (χ3v) is 4.24. The molecule has 3 aromatic rings. The van der Waals surface area contributed by atoms with Crippen molar-refractivity contribution < 1.29 is 4.74 Å². The lowest BCUT2D eigenvalue weighted by Gasteiger charge is -2.13. The van der Waals surface area contributed by atoms with Gasteiger partial charge in [-0.15, -0.1) is 0 Å². The molecule has 0 atom stereocenters. The van der Waals surface area contributed by atoms with Crippen molar-refractivity contribution in [1.29, 1.82) is 0 Å². The molecule has 0 saturated heterocycles. The average molecular weight is 374 g/mol. The molecule has 28 heavy (non-hydrogen) atoms. The van der Waals surface area contributed by atoms with E-state index < -0.39 is 0 Å². The zero-order chi connectivity index (χ0) is 19.6. The Kier molecular flexibility index (Phi) is 7.01. The van der Waals surface area contributed by atoms with E-state index in [4.69, 9.17) is 9.73 Å². The number of benzene rings is 2. The number of guanidine groups is 1. The van der Waals surface area contributed by atoms with Crippen LogP contribution in [0.3, 0.4) is 0 Å². The first kappa shape index (κ1) is 19.4. The SMILES string of the molecule is C=CCOc1ccccc1CN=C(NCC)NCc1cccc2cccnc12. The van der Waals surface area contributed by atoms with Gasteiger partial charge in [-0.1, -0.05) is 55.1 Å². The molecular formula is C23H26N4O. The van der Waals surface area contributed by atoms with Gasteiger partial charge in [0.25, 0.3) is 0 Å². The summed E-state index contributed by atoms with van der Waals surface area (Å²) in [7, 11) is 0. The minimum Gasteiger partial charge on any atom is -0.489 e. The highest BCUT2D eigenvalue weighted by Crippen LogP contribution is 2.19. The van der Waals surface area contributed by atoms with E-state index in [-0.39, 0.29) is 0 Å². The molecule has 1 heterocycles. The smallest absolute Gasteiger partial charge is 0.191 e. The number of ether oxygens (including phenoxy) is 1. The van der Waals surface area contributed by atoms with Crippen LogP contribution in [0.5, 0.6) is 5.75 Å². The van der Waals surface area contributed by atoms with Crippen molar-refractivity contribution >= 4 is 16.9 Å². The Morgan fingerprint density at radius 1 is 1.07 bits per heavy atom. The molecule has 3 rings (SSSR count). The number of nitrogens with zero attached hydrogens (tertiary/aromatic N) is 2. The second-order valence-corrected chi connectivity index (χ2v) is 6.25. The molecule has 0 amide bonds. The van der Waals surface area contributed by atoms with Gasteiger partial charge in [0.1, 0.15) is 12.4 Å². The summed E-state index contributed by atoms with van der Waals surface area (Å²) < 4.78 is 5.72. The molecule has 0 aliphatic heterocycles. The molecule has 0 saturated carbocycles. The van der Waals surface area contributed by atoms with E-state index >= 15 is 0 Å². The zero-order valence-corrected chi connectivity index (χ0v) is 16.2. The predicted molar refractivity (Wildman–Crippen MR) is 116 cm³/mol. The van der Waals surface area contributed by atoms with Crippen LogP contribution in [-0.2, 0) is 13.1 Å². The number of rotatable bonds is 8. The second kappa shape index (κ2) is 10.1. The number of fused-ring (bicyclic) bond motifs is 1. The summed E-state index contributed by atoms with van der Waals surface area (Å²) in [6.45, 7) is 8.19. The molecule has 5 heteroatoms. The molecule has 0 aliphatic rings. The molecule has 5 nitrogen and oxygen atoms in total. The van der Waals surface area contributed by atoms with Gasteiger partial charge in [-0.25, -0.2) is 4.99 Å². The van der Waals surface area contributed by atoms with Crippen molar-refractivity contribution in [1.82, 2.24) is 15.6 Å². The van der Waals surface area contributed by atoms with Crippen molar-refractivity contribution in [3.05, 3.63) is 84.6 Å². The van der Waals surface area contributed by atoms with E-state index in [0.717, 1.165) is 40.3 Å². The Hall–Kier alpha value is -3.34. The van der Waals surface area contributed by atoms with Crippen LogP contribution >= 0.6 is 0 Å². The van der Waals surface area contributed by atoms with Gasteiger partial charge in [0, 0.05) is 30.2 Å². The summed E-state index contributed by atoms with van der Waals surface area (Å²) in [5, 5.41) is 7.84. The van der Waals surface area contributed by atoms with Crippen LogP contribution in [0.25, 0.3) is 10.9 Å². The molecular weight excluding hydrogens is 348 g/mol. The molecule has 0 aliphatic carbocycles. The van der Waals surface area contributed by atoms with E-state index in [1.807, 2.05) is 36.5 Å². The summed E-state index contributed by atoms with van der Waals surface area (Å²) in [6, 6.07) is 18.2. The normalized spacial score (nSPS) is 11.2. The number of aromatic nitrogens is 1. The molecule has 1 aromatic heterocycles. The van der Waals surface area contributed by atoms with Crippen LogP contribution in [0.15, 0.2) is 78.4 Å². The Morgan fingerprint density at radius 3 is 2.75 bits per heavy atom. The van der Waals surface area contributed by atoms with Crippen LogP contribution < -0.4 is 15.4 Å². The van der Waals surface area contributed by atoms with Gasteiger partial charge in [-0.3, -0.25) is 4.98 Å². The maximum absolute atomic E-state index is 5.72. The lowest BCUT2D eigenvalue weighted by Crippen LogP contribution is -2.36. The number of pyridine rings is 1. The minimum absolute atomic E-state index is 0.479. The van der Waals surface area contributed by atoms with Gasteiger partial charge in [0.2, 0.25) is 0 Å². The highest BCUT2D eigenvalue weighted by Gasteiger charge is 2.05. The zero-order valence-electron chi connectivity index (χ0n) is 16.2. The van der Waals surface area contributed by atoms with E-state index in [1.54, 1.807) is 6.08 Å². The molecule has 0 spiro atoms. The van der Waals surface area contributed by atoms with Crippen molar-refractivity contribution in [3.8, 4) is 5.75 Å². The van der Waals surface area contributed by atoms with E-state index in [0.29, 0.717) is 19.7 Å². The Bertz CT molecular complexity index is 947. The summed E-state index contributed by atoms with van der Waals surface area (Å²) in [5.41, 5.74) is 3.18. The van der Waals surface area contributed by atoms with Gasteiger partial charge in [0.15, 0.2) is 5.96 Å². The maximum atomic E-state index is 5.72. The predicted octanol–water partition coefficient (Wildman–Crippen LogP) is 4.05. The lowest BCUT2D eigenvalue weighted by atomic mass is 10.1. The van der Waals surface area contributed by atoms with Crippen LogP contribution in [0.2, 0.25) is 0 Å². The number of nitrogens with one attached hydrogen (secondary N) is 2. The highest BCUT2D eigenvalue weighted by molar-refractivity contribution is 5.83. The van der Waals surface area contributed by atoms with Crippen LogP contribution in [-0.4, -0.2) is 24.1 Å². The summed E-state index contributed by atoms with van der Waals surface area (Å²) in [6.07, 6.45) is 3.56. The fourth-order valence-electron chi connectivity index (χ4n) is 2.92. The van der Waals surface area contributed by atoms with Crippen LogP contribution in [0, 0.1) is 0 Å². The number of para-hydroxylation sites is 2. The first-order valence-corrected chi connectivity index (χ1v) is 9.48. The van der Waals surface area contributed by atoms with Gasteiger partial charge < -0.3 is 15.4 Å². The first-order valence-electron chi connectivity index (χ1n) is 9.48. The van der Waals surface area contributed by atoms with Gasteiger partial charge in [-0.05, 0) is 24.6 Å². The number of hydrogen-bond donors (Lipinski definition) is 2. The maximum Gasteiger partial charge on any atom is 0.191 e. The topological polar surface area (TPSA) is 58.5 Å². The third-order valence-electron chi connectivity index (χ3n) is 4.24. The molecule has 144 valence electrons. The third kappa shape index (κ3) is 5.10. The lowest BCUT2D eigenvalue weighted by molar-refractivity contribution is 0.359. The van der Waals surface area contributed by atoms with E-state index in [2.05, 4.69) is 53.4 Å². The second-order valence-electron chi connectivity index (χ2n) is 6.25. The molecule has 2 N–H and O–H groups in total. The largest absolute Gasteiger partial charge is 0.489 e. The first-order chi connectivity index (χ1) is 13.8. The van der Waals surface area contributed by atoms with Crippen molar-refractivity contribution in [2.75, 3.05) is 13.2 Å². The van der Waals surface area contributed by atoms with Gasteiger partial charge in [-0.2, -0.15) is 0 Å². The number of aliphatic imine (C=N–C) groups is 1. The molecule has 2 aromatic carbocycles. The van der Waals surface area contributed by atoms with E-state index in [9.17, 15) is 0 Å². The van der Waals surface area contributed by atoms with Crippen LogP contribution in [0.4, 0.5) is 0 Å². The van der Waals surface area contributed by atoms with Gasteiger partial charge >= 0.3 is 0 Å². The average Bonchev–Trinajstić information content (AvgIpc) is 2.74. The monoisotopic (exact) mass is 374 g/mol. The van der Waals surface area contributed by atoms with Crippen LogP contribution in [0.1, 0.15) is 18.1 Å². The van der Waals surface area contributed by atoms with Crippen molar-refractivity contribution in [2.24, 2.45) is 4.99 Å². The Labute approximate surface area is 166 Å². The standard InChI is InChI=1S/C23H26N4O/c1-3-15-28-21-13-6-5-9-19(21)16-26-23(24-4-2)27-17-20-11-7-10-18-12-8-14-25-22(18)20/h3,5-14H,1,4,15-17H2,2H3,(H2,24,26,27). The fraction of sp³-hybridized carbons (Fsp3) is 0.217. The summed E-state index contributed by atoms with van der Waals surface area (Å²) in [4.78, 5) is 9.23. The minimum atomic E-state index is 0.479. The number of hydrogen-bond acceptors (Lipinski definition) is 3.